The molecule has 4 atom stereocenters. The Kier molecular flexibility index (Phi) is 2.85. The van der Waals surface area contributed by atoms with E-state index in [1.54, 1.807) is 12.2 Å². The van der Waals surface area contributed by atoms with Crippen LogP contribution in [0.5, 0.6) is 0 Å². The van der Waals surface area contributed by atoms with Crippen LogP contribution in [0.3, 0.4) is 0 Å². The zero-order chi connectivity index (χ0) is 11.6. The highest BCUT2D eigenvalue weighted by molar-refractivity contribution is 6.63. The Bertz CT molecular complexity index is 362. The molecule has 2 rings (SSSR count). The number of rotatable bonds is 1. The summed E-state index contributed by atoms with van der Waals surface area (Å²) in [5.74, 6) is 0. The van der Waals surface area contributed by atoms with Crippen molar-refractivity contribution in [3.63, 3.8) is 0 Å². The quantitative estimate of drug-likeness (QED) is 0.624. The van der Waals surface area contributed by atoms with Gasteiger partial charge < -0.3 is 0 Å². The molecule has 0 aromatic rings. The second-order valence-electron chi connectivity index (χ2n) is 3.66. The predicted molar refractivity (Wildman–Crippen MR) is 69.2 cm³/mol. The third kappa shape index (κ3) is 1.14. The van der Waals surface area contributed by atoms with Gasteiger partial charge in [0, 0.05) is 0 Å². The molecule has 0 nitrogen and oxygen atoms in total. The number of hydrogen-bond donors (Lipinski definition) is 0. The second kappa shape index (κ2) is 3.37. The zero-order valence-corrected chi connectivity index (χ0v) is 11.8. The topological polar surface area (TPSA) is 0 Å². The van der Waals surface area contributed by atoms with Crippen molar-refractivity contribution in [1.82, 2.24) is 0 Å². The Morgan fingerprint density at radius 1 is 1.13 bits per heavy atom. The first-order valence-electron chi connectivity index (χ1n) is 4.13. The largest absolute Gasteiger partial charge is 0.166 e. The van der Waals surface area contributed by atoms with Crippen LogP contribution in [0.4, 0.5) is 0 Å². The third-order valence-electron chi connectivity index (χ3n) is 2.98. The molecule has 2 aliphatic rings. The molecule has 15 heavy (non-hydrogen) atoms. The minimum Gasteiger partial charge on any atom is -0.119 e. The van der Waals surface area contributed by atoms with Gasteiger partial charge in [-0.2, -0.15) is 0 Å². The van der Waals surface area contributed by atoms with Crippen molar-refractivity contribution < 1.29 is 0 Å². The van der Waals surface area contributed by atoms with E-state index in [1.165, 1.54) is 0 Å². The summed E-state index contributed by atoms with van der Waals surface area (Å²) >= 11 is 37.4. The molecule has 0 amide bonds. The number of fused-ring (bicyclic) bond motifs is 2. The highest BCUT2D eigenvalue weighted by atomic mass is 35.5. The lowest BCUT2D eigenvalue weighted by Gasteiger charge is -2.32. The molecule has 0 N–H and O–H groups in total. The van der Waals surface area contributed by atoms with Crippen LogP contribution in [0, 0.1) is 0 Å². The van der Waals surface area contributed by atoms with Crippen molar-refractivity contribution in [2.75, 3.05) is 0 Å². The van der Waals surface area contributed by atoms with Gasteiger partial charge in [-0.25, -0.2) is 0 Å². The monoisotopic (exact) mass is 324 g/mol. The van der Waals surface area contributed by atoms with E-state index >= 15 is 0 Å². The highest BCUT2D eigenvalue weighted by Gasteiger charge is 2.78. The molecular formula is C9H6Cl6. The molecule has 2 bridgehead atoms. The first-order chi connectivity index (χ1) is 6.73. The zero-order valence-electron chi connectivity index (χ0n) is 7.28. The normalized spacial score (nSPS) is 51.7. The van der Waals surface area contributed by atoms with Gasteiger partial charge in [0.25, 0.3) is 0 Å². The van der Waals surface area contributed by atoms with Gasteiger partial charge in [0.2, 0.25) is 0 Å². The fourth-order valence-electron chi connectivity index (χ4n) is 2.09. The Balaban J connectivity index is 2.69. The summed E-state index contributed by atoms with van der Waals surface area (Å²) in [6, 6.07) is 0. The number of alkyl halides is 6. The van der Waals surface area contributed by atoms with Crippen LogP contribution in [0.25, 0.3) is 0 Å². The van der Waals surface area contributed by atoms with Gasteiger partial charge in [0.05, 0.1) is 10.8 Å². The van der Waals surface area contributed by atoms with E-state index in [9.17, 15) is 0 Å². The van der Waals surface area contributed by atoms with Crippen molar-refractivity contribution in [2.45, 2.75) is 24.8 Å². The van der Waals surface area contributed by atoms with E-state index in [2.05, 4.69) is 6.58 Å². The van der Waals surface area contributed by atoms with Crippen molar-refractivity contribution >= 4 is 69.6 Å². The van der Waals surface area contributed by atoms with E-state index in [4.69, 9.17) is 69.6 Å². The van der Waals surface area contributed by atoms with Crippen LogP contribution in [-0.4, -0.2) is 24.8 Å². The standard InChI is InChI=1S/C9H6Cl6/c1-2-4-3-7(12)5(10)6(11)8(4,13)9(7,14)15/h2-3,5-6H,1H2. The lowest BCUT2D eigenvalue weighted by atomic mass is 9.96. The molecule has 84 valence electrons. The Morgan fingerprint density at radius 2 is 1.67 bits per heavy atom. The summed E-state index contributed by atoms with van der Waals surface area (Å²) in [7, 11) is 0. The smallest absolute Gasteiger partial charge is 0.119 e. The maximum Gasteiger partial charge on any atom is 0.166 e. The average Bonchev–Trinajstić information content (AvgIpc) is 2.39. The SMILES string of the molecule is C=CC1=CC2(Cl)C(Cl)C(Cl)C1(Cl)C2(Cl)Cl. The molecule has 0 aliphatic heterocycles. The van der Waals surface area contributed by atoms with Crippen LogP contribution in [0.15, 0.2) is 24.3 Å². The van der Waals surface area contributed by atoms with E-state index < -0.39 is 24.8 Å². The van der Waals surface area contributed by atoms with E-state index in [0.29, 0.717) is 5.57 Å². The van der Waals surface area contributed by atoms with Crippen molar-refractivity contribution in [2.24, 2.45) is 0 Å². The maximum absolute atomic E-state index is 6.39. The molecule has 0 saturated heterocycles. The van der Waals surface area contributed by atoms with Crippen molar-refractivity contribution in [3.05, 3.63) is 24.3 Å². The fraction of sp³-hybridized carbons (Fsp3) is 0.556. The van der Waals surface area contributed by atoms with Crippen LogP contribution in [-0.2, 0) is 0 Å². The predicted octanol–water partition coefficient (Wildman–Crippen LogP) is 4.47. The number of hydrogen-bond acceptors (Lipinski definition) is 0. The number of allylic oxidation sites excluding steroid dienone is 3. The van der Waals surface area contributed by atoms with Crippen molar-refractivity contribution in [1.29, 1.82) is 0 Å². The first kappa shape index (κ1) is 12.7. The third-order valence-corrected chi connectivity index (χ3v) is 7.48. The second-order valence-corrected chi connectivity index (χ2v) is 7.15. The Labute approximate surface area is 118 Å². The van der Waals surface area contributed by atoms with E-state index in [0.717, 1.165) is 0 Å². The lowest BCUT2D eigenvalue weighted by Crippen LogP contribution is -2.44. The van der Waals surface area contributed by atoms with E-state index in [1.807, 2.05) is 0 Å². The molecule has 1 fully saturated rings. The minimum atomic E-state index is -1.44. The van der Waals surface area contributed by atoms with Gasteiger partial charge in [-0.05, 0) is 5.57 Å². The molecule has 0 aromatic carbocycles. The summed E-state index contributed by atoms with van der Waals surface area (Å²) in [6.07, 6.45) is 3.19. The van der Waals surface area contributed by atoms with Gasteiger partial charge in [0.15, 0.2) is 4.33 Å². The van der Waals surface area contributed by atoms with Gasteiger partial charge in [-0.3, -0.25) is 0 Å². The summed E-state index contributed by atoms with van der Waals surface area (Å²) < 4.78 is -1.44. The lowest BCUT2D eigenvalue weighted by molar-refractivity contribution is 0.682. The van der Waals surface area contributed by atoms with Crippen LogP contribution >= 0.6 is 69.6 Å². The van der Waals surface area contributed by atoms with Gasteiger partial charge >= 0.3 is 0 Å². The summed E-state index contributed by atoms with van der Waals surface area (Å²) in [5.41, 5.74) is 0.626. The molecule has 0 aromatic heterocycles. The van der Waals surface area contributed by atoms with Crippen LogP contribution in [0.1, 0.15) is 0 Å². The minimum absolute atomic E-state index is 0.626. The first-order valence-corrected chi connectivity index (χ1v) is 6.51. The molecule has 0 radical (unpaired) electrons. The fourth-order valence-corrected chi connectivity index (χ4v) is 5.00. The van der Waals surface area contributed by atoms with Crippen LogP contribution in [0.2, 0.25) is 0 Å². The summed E-state index contributed by atoms with van der Waals surface area (Å²) in [6.45, 7) is 3.63. The Morgan fingerprint density at radius 3 is 2.00 bits per heavy atom. The summed E-state index contributed by atoms with van der Waals surface area (Å²) in [4.78, 5) is -2.34. The van der Waals surface area contributed by atoms with Gasteiger partial charge in [-0.1, -0.05) is 41.9 Å². The maximum atomic E-state index is 6.39. The molecule has 4 unspecified atom stereocenters. The molecule has 6 heteroatoms. The van der Waals surface area contributed by atoms with Crippen LogP contribution < -0.4 is 0 Å². The highest BCUT2D eigenvalue weighted by Crippen LogP contribution is 2.70. The van der Waals surface area contributed by atoms with Crippen molar-refractivity contribution in [3.8, 4) is 0 Å². The number of halogens is 6. The summed E-state index contributed by atoms with van der Waals surface area (Å²) in [5, 5.41) is -1.27. The Hall–Kier alpha value is 1.22. The molecular weight excluding hydrogens is 321 g/mol. The molecule has 2 aliphatic carbocycles. The van der Waals surface area contributed by atoms with E-state index in [-0.39, 0.29) is 0 Å². The molecule has 0 heterocycles. The van der Waals surface area contributed by atoms with Gasteiger partial charge in [0.1, 0.15) is 9.75 Å². The molecule has 1 saturated carbocycles. The van der Waals surface area contributed by atoms with Gasteiger partial charge in [-0.15, -0.1) is 46.4 Å². The molecule has 0 spiro atoms. The average molecular weight is 327 g/mol.